The topological polar surface area (TPSA) is 43.1 Å². The van der Waals surface area contributed by atoms with E-state index in [1.165, 1.54) is 0 Å². The van der Waals surface area contributed by atoms with Crippen LogP contribution in [0.15, 0.2) is 18.3 Å². The van der Waals surface area contributed by atoms with Gasteiger partial charge in [0.05, 0.1) is 3.74 Å². The van der Waals surface area contributed by atoms with E-state index in [1.54, 1.807) is 4.52 Å². The second-order valence-electron chi connectivity index (χ2n) is 2.24. The third-order valence-corrected chi connectivity index (χ3v) is 2.53. The molecule has 12 heavy (non-hydrogen) atoms. The van der Waals surface area contributed by atoms with Crippen LogP contribution in [0.4, 0.5) is 0 Å². The Labute approximate surface area is 85.2 Å². The number of tetrazole rings is 1. The zero-order chi connectivity index (χ0) is 8.55. The Morgan fingerprint density at radius 3 is 3.00 bits per heavy atom. The quantitative estimate of drug-likeness (QED) is 0.754. The van der Waals surface area contributed by atoms with Gasteiger partial charge in [0.2, 0.25) is 0 Å². The van der Waals surface area contributed by atoms with Gasteiger partial charge < -0.3 is 0 Å². The van der Waals surface area contributed by atoms with Gasteiger partial charge in [0.25, 0.3) is 0 Å². The van der Waals surface area contributed by atoms with E-state index in [2.05, 4.69) is 47.4 Å². The van der Waals surface area contributed by atoms with E-state index in [1.807, 2.05) is 18.3 Å². The van der Waals surface area contributed by atoms with Gasteiger partial charge >= 0.3 is 0 Å². The second kappa shape index (κ2) is 3.10. The lowest BCUT2D eigenvalue weighted by Gasteiger charge is -1.99. The molecule has 0 saturated carbocycles. The number of hydrogen-bond donors (Lipinski definition) is 0. The highest BCUT2D eigenvalue weighted by Gasteiger charge is 2.04. The molecule has 0 saturated heterocycles. The summed E-state index contributed by atoms with van der Waals surface area (Å²) >= 11 is 6.79. The molecule has 0 aliphatic heterocycles. The smallest absolute Gasteiger partial charge is 0.179 e. The lowest BCUT2D eigenvalue weighted by atomic mass is 10.3. The molecule has 2 aromatic heterocycles. The average Bonchev–Trinajstić information content (AvgIpc) is 2.49. The van der Waals surface area contributed by atoms with Gasteiger partial charge in [0.1, 0.15) is 0 Å². The Kier molecular flexibility index (Phi) is 2.10. The molecule has 2 aromatic rings. The van der Waals surface area contributed by atoms with Gasteiger partial charge in [-0.2, -0.15) is 0 Å². The minimum absolute atomic E-state index is 0.145. The molecule has 6 heteroatoms. The van der Waals surface area contributed by atoms with Crippen LogP contribution in [0.25, 0.3) is 5.65 Å². The van der Waals surface area contributed by atoms with Crippen molar-refractivity contribution in [2.24, 2.45) is 0 Å². The molecule has 0 N–H and O–H groups in total. The van der Waals surface area contributed by atoms with Crippen LogP contribution < -0.4 is 0 Å². The van der Waals surface area contributed by atoms with Crippen molar-refractivity contribution >= 4 is 37.5 Å². The van der Waals surface area contributed by atoms with Crippen molar-refractivity contribution in [2.45, 2.75) is 3.74 Å². The van der Waals surface area contributed by atoms with E-state index in [9.17, 15) is 0 Å². The summed E-state index contributed by atoms with van der Waals surface area (Å²) in [6.45, 7) is 0. The molecule has 0 aliphatic carbocycles. The molecule has 0 spiro atoms. The Morgan fingerprint density at radius 1 is 1.42 bits per heavy atom. The van der Waals surface area contributed by atoms with E-state index in [4.69, 9.17) is 0 Å². The van der Waals surface area contributed by atoms with Gasteiger partial charge in [-0.15, -0.1) is 5.10 Å². The Morgan fingerprint density at radius 2 is 2.25 bits per heavy atom. The molecule has 0 amide bonds. The van der Waals surface area contributed by atoms with E-state index in [0.29, 0.717) is 0 Å². The SMILES string of the molecule is BrC(Br)c1ccn2nnnc2c1. The average molecular weight is 292 g/mol. The van der Waals surface area contributed by atoms with Crippen LogP contribution in [0.3, 0.4) is 0 Å². The van der Waals surface area contributed by atoms with Crippen LogP contribution in [0.1, 0.15) is 9.30 Å². The van der Waals surface area contributed by atoms with E-state index < -0.39 is 0 Å². The van der Waals surface area contributed by atoms with Crippen LogP contribution in [0.2, 0.25) is 0 Å². The minimum atomic E-state index is 0.145. The number of halogens is 2. The fourth-order valence-corrected chi connectivity index (χ4v) is 1.46. The van der Waals surface area contributed by atoms with Crippen LogP contribution in [0, 0.1) is 0 Å². The molecular weight excluding hydrogens is 288 g/mol. The highest BCUT2D eigenvalue weighted by Crippen LogP contribution is 2.28. The standard InChI is InChI=1S/C6H4Br2N4/c7-6(8)4-1-2-12-5(3-4)9-10-11-12/h1-3,6H. The third kappa shape index (κ3) is 1.36. The second-order valence-corrected chi connectivity index (χ2v) is 5.30. The van der Waals surface area contributed by atoms with Crippen LogP contribution in [-0.2, 0) is 0 Å². The summed E-state index contributed by atoms with van der Waals surface area (Å²) in [5, 5.41) is 11.1. The molecule has 0 fully saturated rings. The van der Waals surface area contributed by atoms with Crippen molar-refractivity contribution < 1.29 is 0 Å². The monoisotopic (exact) mass is 290 g/mol. The summed E-state index contributed by atoms with van der Waals surface area (Å²) in [6, 6.07) is 3.85. The molecule has 62 valence electrons. The van der Waals surface area contributed by atoms with Crippen molar-refractivity contribution in [1.29, 1.82) is 0 Å². The highest BCUT2D eigenvalue weighted by atomic mass is 79.9. The highest BCUT2D eigenvalue weighted by molar-refractivity contribution is 9.24. The Balaban J connectivity index is 2.60. The number of fused-ring (bicyclic) bond motifs is 1. The molecular formula is C6H4Br2N4. The Hall–Kier alpha value is -0.490. The lowest BCUT2D eigenvalue weighted by Crippen LogP contribution is -1.88. The summed E-state index contributed by atoms with van der Waals surface area (Å²) in [5.41, 5.74) is 1.84. The summed E-state index contributed by atoms with van der Waals surface area (Å²) in [5.74, 6) is 0. The number of hydrogen-bond acceptors (Lipinski definition) is 3. The number of rotatable bonds is 1. The van der Waals surface area contributed by atoms with Crippen LogP contribution >= 0.6 is 31.9 Å². The molecule has 0 unspecified atom stereocenters. The van der Waals surface area contributed by atoms with Crippen LogP contribution in [0.5, 0.6) is 0 Å². The third-order valence-electron chi connectivity index (χ3n) is 1.47. The minimum Gasteiger partial charge on any atom is -0.201 e. The summed E-state index contributed by atoms with van der Waals surface area (Å²) in [7, 11) is 0. The summed E-state index contributed by atoms with van der Waals surface area (Å²) in [6.07, 6.45) is 1.82. The largest absolute Gasteiger partial charge is 0.201 e. The molecule has 0 atom stereocenters. The molecule has 0 radical (unpaired) electrons. The van der Waals surface area contributed by atoms with Crippen molar-refractivity contribution in [3.8, 4) is 0 Å². The zero-order valence-corrected chi connectivity index (χ0v) is 9.03. The van der Waals surface area contributed by atoms with Gasteiger partial charge in [0.15, 0.2) is 5.65 Å². The normalized spacial score (nSPS) is 11.2. The molecule has 2 heterocycles. The van der Waals surface area contributed by atoms with Gasteiger partial charge in [-0.05, 0) is 28.1 Å². The van der Waals surface area contributed by atoms with Gasteiger partial charge in [-0.1, -0.05) is 31.9 Å². The van der Waals surface area contributed by atoms with Crippen molar-refractivity contribution in [2.75, 3.05) is 0 Å². The van der Waals surface area contributed by atoms with Gasteiger partial charge in [-0.25, -0.2) is 4.52 Å². The number of pyridine rings is 1. The number of alkyl halides is 2. The first-order valence-corrected chi connectivity index (χ1v) is 5.06. The van der Waals surface area contributed by atoms with Crippen LogP contribution in [-0.4, -0.2) is 20.0 Å². The van der Waals surface area contributed by atoms with E-state index >= 15 is 0 Å². The molecule has 0 bridgehead atoms. The van der Waals surface area contributed by atoms with Crippen molar-refractivity contribution in [3.05, 3.63) is 23.9 Å². The van der Waals surface area contributed by atoms with Crippen molar-refractivity contribution in [3.63, 3.8) is 0 Å². The number of aromatic nitrogens is 4. The summed E-state index contributed by atoms with van der Waals surface area (Å²) in [4.78, 5) is 0. The van der Waals surface area contributed by atoms with E-state index in [-0.39, 0.29) is 3.74 Å². The fraction of sp³-hybridized carbons (Fsp3) is 0.167. The predicted molar refractivity (Wildman–Crippen MR) is 51.4 cm³/mol. The first-order chi connectivity index (χ1) is 5.77. The fourth-order valence-electron chi connectivity index (χ4n) is 0.891. The maximum Gasteiger partial charge on any atom is 0.179 e. The lowest BCUT2D eigenvalue weighted by molar-refractivity contribution is 0.822. The number of nitrogens with zero attached hydrogens (tertiary/aromatic N) is 4. The zero-order valence-electron chi connectivity index (χ0n) is 5.85. The molecule has 0 aromatic carbocycles. The molecule has 4 nitrogen and oxygen atoms in total. The van der Waals surface area contributed by atoms with Gasteiger partial charge in [-0.3, -0.25) is 0 Å². The first-order valence-electron chi connectivity index (χ1n) is 3.23. The predicted octanol–water partition coefficient (Wildman–Crippen LogP) is 1.91. The summed E-state index contributed by atoms with van der Waals surface area (Å²) < 4.78 is 1.76. The molecule has 0 aliphatic rings. The maximum atomic E-state index is 3.82. The van der Waals surface area contributed by atoms with E-state index in [0.717, 1.165) is 11.2 Å². The molecule has 2 rings (SSSR count). The Bertz CT molecular complexity index is 397. The van der Waals surface area contributed by atoms with Crippen molar-refractivity contribution in [1.82, 2.24) is 20.0 Å². The first kappa shape index (κ1) is 8.12. The maximum absolute atomic E-state index is 3.82. The van der Waals surface area contributed by atoms with Gasteiger partial charge in [0, 0.05) is 6.20 Å².